The van der Waals surface area contributed by atoms with E-state index in [-0.39, 0.29) is 11.2 Å². The molecule has 1 aromatic heterocycles. The number of nitrogens with one attached hydrogen (secondary N) is 1. The molecule has 1 heterocycles. The van der Waals surface area contributed by atoms with Gasteiger partial charge in [-0.25, -0.2) is 4.79 Å². The van der Waals surface area contributed by atoms with Crippen LogP contribution in [0.1, 0.15) is 45.1 Å². The molecule has 1 aromatic rings. The minimum Gasteiger partial charge on any atom is -0.413 e. The van der Waals surface area contributed by atoms with Crippen molar-refractivity contribution < 1.29 is 4.42 Å². The molecule has 0 aromatic carbocycles. The summed E-state index contributed by atoms with van der Waals surface area (Å²) >= 11 is 0. The second-order valence-electron chi connectivity index (χ2n) is 4.89. The molecule has 0 aliphatic heterocycles. The number of H-pyrrole nitrogens is 1. The van der Waals surface area contributed by atoms with E-state index in [4.69, 9.17) is 4.42 Å². The van der Waals surface area contributed by atoms with Crippen LogP contribution in [0.4, 0.5) is 0 Å². The van der Waals surface area contributed by atoms with E-state index in [0.717, 1.165) is 25.0 Å². The summed E-state index contributed by atoms with van der Waals surface area (Å²) in [4.78, 5) is 13.7. The molecule has 0 spiro atoms. The van der Waals surface area contributed by atoms with Crippen LogP contribution in [0.5, 0.6) is 0 Å². The van der Waals surface area contributed by atoms with Crippen molar-refractivity contribution in [1.29, 1.82) is 0 Å². The number of aromatic nitrogens is 1. The fourth-order valence-corrected chi connectivity index (χ4v) is 1.54. The average molecular weight is 223 g/mol. The zero-order chi connectivity index (χ0) is 12.3. The zero-order valence-corrected chi connectivity index (χ0v) is 10.6. The van der Waals surface area contributed by atoms with Crippen molar-refractivity contribution in [3.05, 3.63) is 34.2 Å². The second-order valence-corrected chi connectivity index (χ2v) is 4.89. The third-order valence-corrected chi connectivity index (χ3v) is 3.44. The first kappa shape index (κ1) is 12.8. The molecule has 0 amide bonds. The van der Waals surface area contributed by atoms with Gasteiger partial charge in [-0.3, -0.25) is 4.98 Å². The Morgan fingerprint density at radius 3 is 2.56 bits per heavy atom. The first-order valence-electron chi connectivity index (χ1n) is 5.73. The zero-order valence-electron chi connectivity index (χ0n) is 10.6. The lowest BCUT2D eigenvalue weighted by atomic mass is 9.80. The standard InChI is InChI=1S/C13H21NO2/c1-6-13(4,5)9(2)7-8-11-10(3)16-12(15)14-11/h2,6-8H2,1,3-5H3,(H,14,15). The number of aryl methyl sites for hydroxylation is 2. The summed E-state index contributed by atoms with van der Waals surface area (Å²) in [5.41, 5.74) is 2.27. The minimum atomic E-state index is -0.368. The van der Waals surface area contributed by atoms with Crippen molar-refractivity contribution in [3.63, 3.8) is 0 Å². The highest BCUT2D eigenvalue weighted by Crippen LogP contribution is 2.31. The van der Waals surface area contributed by atoms with Crippen molar-refractivity contribution in [3.8, 4) is 0 Å². The molecule has 0 aliphatic carbocycles. The SMILES string of the molecule is C=C(CCc1[nH]c(=O)oc1C)C(C)(C)CC. The topological polar surface area (TPSA) is 46.0 Å². The van der Waals surface area contributed by atoms with Crippen molar-refractivity contribution in [2.24, 2.45) is 5.41 Å². The highest BCUT2D eigenvalue weighted by molar-refractivity contribution is 5.12. The van der Waals surface area contributed by atoms with Crippen LogP contribution >= 0.6 is 0 Å². The van der Waals surface area contributed by atoms with Crippen LogP contribution < -0.4 is 5.76 Å². The summed E-state index contributed by atoms with van der Waals surface area (Å²) in [5, 5.41) is 0. The van der Waals surface area contributed by atoms with Crippen molar-refractivity contribution in [2.45, 2.75) is 47.0 Å². The van der Waals surface area contributed by atoms with Crippen LogP contribution in [0.25, 0.3) is 0 Å². The van der Waals surface area contributed by atoms with Gasteiger partial charge in [0.15, 0.2) is 0 Å². The average Bonchev–Trinajstić information content (AvgIpc) is 2.53. The van der Waals surface area contributed by atoms with Gasteiger partial charge in [0.05, 0.1) is 5.69 Å². The first-order valence-corrected chi connectivity index (χ1v) is 5.73. The Morgan fingerprint density at radius 1 is 1.50 bits per heavy atom. The van der Waals surface area contributed by atoms with Gasteiger partial charge >= 0.3 is 5.76 Å². The predicted molar refractivity (Wildman–Crippen MR) is 65.6 cm³/mol. The molecular formula is C13H21NO2. The molecule has 0 bridgehead atoms. The lowest BCUT2D eigenvalue weighted by molar-refractivity contribution is 0.414. The van der Waals surface area contributed by atoms with Crippen molar-refractivity contribution in [2.75, 3.05) is 0 Å². The van der Waals surface area contributed by atoms with Crippen LogP contribution in [-0.2, 0) is 6.42 Å². The van der Waals surface area contributed by atoms with Gasteiger partial charge in [-0.05, 0) is 31.6 Å². The van der Waals surface area contributed by atoms with E-state index in [1.807, 2.05) is 0 Å². The molecule has 0 fully saturated rings. The summed E-state index contributed by atoms with van der Waals surface area (Å²) < 4.78 is 4.92. The Hall–Kier alpha value is -1.25. The maximum atomic E-state index is 11.0. The van der Waals surface area contributed by atoms with Gasteiger partial charge in [0.25, 0.3) is 0 Å². The monoisotopic (exact) mass is 223 g/mol. The van der Waals surface area contributed by atoms with Crippen LogP contribution in [0.3, 0.4) is 0 Å². The highest BCUT2D eigenvalue weighted by Gasteiger charge is 2.19. The molecule has 3 heteroatoms. The molecule has 16 heavy (non-hydrogen) atoms. The van der Waals surface area contributed by atoms with Gasteiger partial charge in [-0.1, -0.05) is 32.9 Å². The Morgan fingerprint density at radius 2 is 2.12 bits per heavy atom. The Bertz CT molecular complexity index is 423. The number of aromatic amines is 1. The Labute approximate surface area is 96.6 Å². The smallest absolute Gasteiger partial charge is 0.413 e. The molecule has 0 unspecified atom stereocenters. The normalized spacial score (nSPS) is 11.8. The lowest BCUT2D eigenvalue weighted by Crippen LogP contribution is -2.13. The quantitative estimate of drug-likeness (QED) is 0.779. The van der Waals surface area contributed by atoms with E-state index >= 15 is 0 Å². The molecular weight excluding hydrogens is 202 g/mol. The van der Waals surface area contributed by atoms with Gasteiger partial charge in [0.2, 0.25) is 0 Å². The second kappa shape index (κ2) is 4.73. The van der Waals surface area contributed by atoms with Crippen LogP contribution in [0, 0.1) is 12.3 Å². The van der Waals surface area contributed by atoms with Gasteiger partial charge in [0, 0.05) is 0 Å². The van der Waals surface area contributed by atoms with Crippen LogP contribution in [0.2, 0.25) is 0 Å². The summed E-state index contributed by atoms with van der Waals surface area (Å²) in [7, 11) is 0. The number of hydrogen-bond donors (Lipinski definition) is 1. The molecule has 3 nitrogen and oxygen atoms in total. The van der Waals surface area contributed by atoms with E-state index < -0.39 is 0 Å². The fourth-order valence-electron chi connectivity index (χ4n) is 1.54. The molecule has 1 N–H and O–H groups in total. The summed E-state index contributed by atoms with van der Waals surface area (Å²) in [6.07, 6.45) is 2.75. The molecule has 0 saturated carbocycles. The predicted octanol–water partition coefficient (Wildman–Crippen LogP) is 3.20. The molecule has 0 atom stereocenters. The van der Waals surface area contributed by atoms with E-state index in [1.165, 1.54) is 5.57 Å². The molecule has 0 radical (unpaired) electrons. The molecule has 1 rings (SSSR count). The Balaban J connectivity index is 2.62. The lowest BCUT2D eigenvalue weighted by Gasteiger charge is -2.25. The molecule has 90 valence electrons. The minimum absolute atomic E-state index is 0.165. The van der Waals surface area contributed by atoms with E-state index in [1.54, 1.807) is 6.92 Å². The Kier molecular flexibility index (Phi) is 3.79. The highest BCUT2D eigenvalue weighted by atomic mass is 16.4. The summed E-state index contributed by atoms with van der Waals surface area (Å²) in [6, 6.07) is 0. The van der Waals surface area contributed by atoms with E-state index in [9.17, 15) is 4.79 Å². The van der Waals surface area contributed by atoms with Crippen LogP contribution in [0.15, 0.2) is 21.4 Å². The largest absolute Gasteiger partial charge is 0.416 e. The molecule has 0 aliphatic rings. The first-order chi connectivity index (χ1) is 7.36. The van der Waals surface area contributed by atoms with Crippen molar-refractivity contribution >= 4 is 0 Å². The van der Waals surface area contributed by atoms with Crippen molar-refractivity contribution in [1.82, 2.24) is 4.98 Å². The third-order valence-electron chi connectivity index (χ3n) is 3.44. The maximum absolute atomic E-state index is 11.0. The summed E-state index contributed by atoms with van der Waals surface area (Å²) in [6.45, 7) is 12.5. The van der Waals surface area contributed by atoms with Gasteiger partial charge in [-0.15, -0.1) is 0 Å². The number of hydrogen-bond acceptors (Lipinski definition) is 2. The number of allylic oxidation sites excluding steroid dienone is 1. The van der Waals surface area contributed by atoms with E-state index in [0.29, 0.717) is 5.76 Å². The summed E-state index contributed by atoms with van der Waals surface area (Å²) in [5.74, 6) is 0.319. The van der Waals surface area contributed by atoms with Crippen LogP contribution in [-0.4, -0.2) is 4.98 Å². The van der Waals surface area contributed by atoms with Gasteiger partial charge in [-0.2, -0.15) is 0 Å². The molecule has 0 saturated heterocycles. The van der Waals surface area contributed by atoms with E-state index in [2.05, 4.69) is 32.3 Å². The fraction of sp³-hybridized carbons (Fsp3) is 0.615. The van der Waals surface area contributed by atoms with Gasteiger partial charge in [0.1, 0.15) is 5.76 Å². The maximum Gasteiger partial charge on any atom is 0.416 e. The van der Waals surface area contributed by atoms with Gasteiger partial charge < -0.3 is 4.42 Å². The number of rotatable bonds is 5. The number of oxazole rings is 1. The third kappa shape index (κ3) is 2.87.